The van der Waals surface area contributed by atoms with E-state index < -0.39 is 30.6 Å². The predicted octanol–water partition coefficient (Wildman–Crippen LogP) is 2.08. The van der Waals surface area contributed by atoms with Gasteiger partial charge in [0.2, 0.25) is 0 Å². The van der Waals surface area contributed by atoms with Crippen LogP contribution < -0.4 is 15.5 Å². The van der Waals surface area contributed by atoms with Crippen LogP contribution in [0.3, 0.4) is 0 Å². The van der Waals surface area contributed by atoms with Gasteiger partial charge < -0.3 is 20.0 Å². The van der Waals surface area contributed by atoms with Gasteiger partial charge >= 0.3 is 18.0 Å². The van der Waals surface area contributed by atoms with Gasteiger partial charge in [-0.1, -0.05) is 0 Å². The zero-order valence-electron chi connectivity index (χ0n) is 16.5. The highest BCUT2D eigenvalue weighted by molar-refractivity contribution is 6.35. The highest BCUT2D eigenvalue weighted by Gasteiger charge is 2.31. The van der Waals surface area contributed by atoms with Gasteiger partial charge in [-0.15, -0.1) is 0 Å². The van der Waals surface area contributed by atoms with Gasteiger partial charge in [0.05, 0.1) is 12.3 Å². The van der Waals surface area contributed by atoms with Crippen LogP contribution in [0, 0.1) is 5.82 Å². The number of halogens is 4. The number of amides is 2. The summed E-state index contributed by atoms with van der Waals surface area (Å²) in [6.45, 7) is 0.887. The molecule has 0 saturated carbocycles. The van der Waals surface area contributed by atoms with E-state index in [1.807, 2.05) is 4.90 Å². The van der Waals surface area contributed by atoms with Gasteiger partial charge in [0.1, 0.15) is 18.1 Å². The summed E-state index contributed by atoms with van der Waals surface area (Å²) in [6, 6.07) is 9.22. The van der Waals surface area contributed by atoms with Crippen molar-refractivity contribution in [1.82, 2.24) is 15.5 Å². The topological polar surface area (TPSA) is 77.8 Å². The molecule has 2 heterocycles. The van der Waals surface area contributed by atoms with E-state index in [1.54, 1.807) is 29.6 Å². The standard InChI is InChI=1S/C20H22F4N4O3/c21-14-3-5-15(6-4-14)27-7-9-28(10-8-27)16(17-2-1-11-31-17)12-25-18(29)19(30)26-13-20(22,23)24/h1-6,11,16H,7-10,12-13H2,(H,25,29)(H,26,30). The van der Waals surface area contributed by atoms with E-state index in [0.717, 1.165) is 5.69 Å². The maximum absolute atomic E-state index is 13.1. The number of nitrogens with zero attached hydrogens (tertiary/aromatic N) is 2. The van der Waals surface area contributed by atoms with Crippen LogP contribution in [0.5, 0.6) is 0 Å². The average Bonchev–Trinajstić information content (AvgIpc) is 3.27. The van der Waals surface area contributed by atoms with E-state index in [4.69, 9.17) is 4.42 Å². The molecule has 1 fully saturated rings. The Kier molecular flexibility index (Phi) is 7.16. The number of carbonyl (C=O) groups excluding carboxylic acids is 2. The maximum Gasteiger partial charge on any atom is 0.405 e. The van der Waals surface area contributed by atoms with Crippen LogP contribution in [-0.4, -0.2) is 62.2 Å². The molecule has 2 aromatic rings. The highest BCUT2D eigenvalue weighted by Crippen LogP contribution is 2.24. The molecule has 2 amide bonds. The Hall–Kier alpha value is -3.08. The summed E-state index contributed by atoms with van der Waals surface area (Å²) in [5.74, 6) is -2.25. The van der Waals surface area contributed by atoms with Crippen molar-refractivity contribution in [3.05, 3.63) is 54.2 Å². The van der Waals surface area contributed by atoms with Crippen LogP contribution in [0.4, 0.5) is 23.2 Å². The van der Waals surface area contributed by atoms with E-state index in [2.05, 4.69) is 10.2 Å². The average molecular weight is 442 g/mol. The van der Waals surface area contributed by atoms with Crippen molar-refractivity contribution in [2.75, 3.05) is 44.2 Å². The SMILES string of the molecule is O=C(NCC(c1ccco1)N1CCN(c2ccc(F)cc2)CC1)C(=O)NCC(F)(F)F. The fourth-order valence-electron chi connectivity index (χ4n) is 3.36. The molecular weight excluding hydrogens is 420 g/mol. The molecule has 0 aliphatic carbocycles. The van der Waals surface area contributed by atoms with Crippen molar-refractivity contribution < 1.29 is 31.6 Å². The fourth-order valence-corrected chi connectivity index (χ4v) is 3.36. The predicted molar refractivity (Wildman–Crippen MR) is 104 cm³/mol. The lowest BCUT2D eigenvalue weighted by atomic mass is 10.1. The molecule has 7 nitrogen and oxygen atoms in total. The molecule has 1 aliphatic rings. The monoisotopic (exact) mass is 442 g/mol. The van der Waals surface area contributed by atoms with Gasteiger partial charge in [-0.2, -0.15) is 13.2 Å². The zero-order valence-corrected chi connectivity index (χ0v) is 16.5. The first-order valence-corrected chi connectivity index (χ1v) is 9.64. The van der Waals surface area contributed by atoms with Gasteiger partial charge in [-0.05, 0) is 36.4 Å². The molecule has 2 N–H and O–H groups in total. The van der Waals surface area contributed by atoms with Crippen molar-refractivity contribution in [2.45, 2.75) is 12.2 Å². The van der Waals surface area contributed by atoms with Crippen molar-refractivity contribution >= 4 is 17.5 Å². The highest BCUT2D eigenvalue weighted by atomic mass is 19.4. The Morgan fingerprint density at radius 2 is 1.65 bits per heavy atom. The number of rotatable bonds is 6. The van der Waals surface area contributed by atoms with Crippen molar-refractivity contribution in [2.24, 2.45) is 0 Å². The number of alkyl halides is 3. The van der Waals surface area contributed by atoms with E-state index in [9.17, 15) is 27.2 Å². The molecule has 0 bridgehead atoms. The minimum atomic E-state index is -4.60. The summed E-state index contributed by atoms with van der Waals surface area (Å²) in [4.78, 5) is 27.6. The van der Waals surface area contributed by atoms with Crippen LogP contribution in [0.2, 0.25) is 0 Å². The lowest BCUT2D eigenvalue weighted by Gasteiger charge is -2.39. The summed E-state index contributed by atoms with van der Waals surface area (Å²) in [5.41, 5.74) is 0.894. The van der Waals surface area contributed by atoms with E-state index >= 15 is 0 Å². The molecule has 31 heavy (non-hydrogen) atoms. The largest absolute Gasteiger partial charge is 0.468 e. The van der Waals surface area contributed by atoms with Crippen molar-refractivity contribution in [3.8, 4) is 0 Å². The summed E-state index contributed by atoms with van der Waals surface area (Å²) < 4.78 is 55.2. The number of furan rings is 1. The van der Waals surface area contributed by atoms with Gasteiger partial charge in [0.15, 0.2) is 0 Å². The van der Waals surface area contributed by atoms with Crippen LogP contribution in [0.15, 0.2) is 47.1 Å². The third-order valence-electron chi connectivity index (χ3n) is 4.93. The molecule has 0 radical (unpaired) electrons. The Bertz CT molecular complexity index is 864. The summed E-state index contributed by atoms with van der Waals surface area (Å²) in [7, 11) is 0. The van der Waals surface area contributed by atoms with Gasteiger partial charge in [0, 0.05) is 38.4 Å². The number of nitrogens with one attached hydrogen (secondary N) is 2. The van der Waals surface area contributed by atoms with Crippen LogP contribution in [-0.2, 0) is 9.59 Å². The Morgan fingerprint density at radius 1 is 1.00 bits per heavy atom. The molecule has 1 aliphatic heterocycles. The molecular formula is C20H22F4N4O3. The summed E-state index contributed by atoms with van der Waals surface area (Å²) in [6.07, 6.45) is -3.12. The van der Waals surface area contributed by atoms with Crippen molar-refractivity contribution in [3.63, 3.8) is 0 Å². The second-order valence-electron chi connectivity index (χ2n) is 7.04. The summed E-state index contributed by atoms with van der Waals surface area (Å²) in [5, 5.41) is 3.92. The molecule has 168 valence electrons. The van der Waals surface area contributed by atoms with E-state index in [1.165, 1.54) is 18.4 Å². The van der Waals surface area contributed by atoms with Gasteiger partial charge in [-0.25, -0.2) is 4.39 Å². The molecule has 3 rings (SSSR count). The zero-order chi connectivity index (χ0) is 22.4. The number of hydrogen-bond acceptors (Lipinski definition) is 5. The molecule has 11 heteroatoms. The van der Waals surface area contributed by atoms with Crippen LogP contribution in [0.25, 0.3) is 0 Å². The minimum Gasteiger partial charge on any atom is -0.468 e. The molecule has 1 aromatic carbocycles. The summed E-state index contributed by atoms with van der Waals surface area (Å²) >= 11 is 0. The van der Waals surface area contributed by atoms with E-state index in [0.29, 0.717) is 31.9 Å². The van der Waals surface area contributed by atoms with E-state index in [-0.39, 0.29) is 12.4 Å². The van der Waals surface area contributed by atoms with Crippen LogP contribution >= 0.6 is 0 Å². The molecule has 1 saturated heterocycles. The number of anilines is 1. The number of benzene rings is 1. The lowest BCUT2D eigenvalue weighted by molar-refractivity contribution is -0.146. The third-order valence-corrected chi connectivity index (χ3v) is 4.93. The number of carbonyl (C=O) groups is 2. The Labute approximate surface area is 176 Å². The number of piperazine rings is 1. The first-order chi connectivity index (χ1) is 14.7. The van der Waals surface area contributed by atoms with Crippen molar-refractivity contribution in [1.29, 1.82) is 0 Å². The molecule has 0 spiro atoms. The second kappa shape index (κ2) is 9.82. The Balaban J connectivity index is 1.57. The fraction of sp³-hybridized carbons (Fsp3) is 0.400. The first kappa shape index (κ1) is 22.6. The minimum absolute atomic E-state index is 0.0116. The maximum atomic E-state index is 13.1. The molecule has 1 unspecified atom stereocenters. The molecule has 1 atom stereocenters. The number of hydrogen-bond donors (Lipinski definition) is 2. The quantitative estimate of drug-likeness (QED) is 0.529. The molecule has 1 aromatic heterocycles. The second-order valence-corrected chi connectivity index (χ2v) is 7.04. The van der Waals surface area contributed by atoms with Gasteiger partial charge in [0.25, 0.3) is 0 Å². The smallest absolute Gasteiger partial charge is 0.405 e. The van der Waals surface area contributed by atoms with Gasteiger partial charge in [-0.3, -0.25) is 14.5 Å². The first-order valence-electron chi connectivity index (χ1n) is 9.64. The van der Waals surface area contributed by atoms with Crippen LogP contribution in [0.1, 0.15) is 11.8 Å². The normalized spacial score (nSPS) is 16.1. The third kappa shape index (κ3) is 6.45. The Morgan fingerprint density at radius 3 is 2.23 bits per heavy atom. The lowest BCUT2D eigenvalue weighted by Crippen LogP contribution is -2.51.